The monoisotopic (exact) mass is 322 g/mol. The molecule has 126 valence electrons. The normalized spacial score (nSPS) is 19.3. The standard InChI is InChI=1S/C21H26N2O/c1-15-4-7-19-18(12-15)21(2,3)17-6-5-16(13-20(17)22-19)14-23-8-10-24-11-9-23/h4-7,12-13,22H,8-11,14H2,1-3H3. The fraction of sp³-hybridized carbons (Fsp3) is 0.429. The Labute approximate surface area is 144 Å². The first-order chi connectivity index (χ1) is 11.5. The maximum Gasteiger partial charge on any atom is 0.0594 e. The second-order valence-corrected chi connectivity index (χ2v) is 7.57. The summed E-state index contributed by atoms with van der Waals surface area (Å²) in [6.07, 6.45) is 0. The van der Waals surface area contributed by atoms with Crippen molar-refractivity contribution in [1.29, 1.82) is 0 Å². The molecule has 0 amide bonds. The molecule has 0 aliphatic carbocycles. The lowest BCUT2D eigenvalue weighted by molar-refractivity contribution is 0.0342. The Bertz CT molecular complexity index is 760. The number of anilines is 2. The summed E-state index contributed by atoms with van der Waals surface area (Å²) < 4.78 is 5.45. The van der Waals surface area contributed by atoms with E-state index < -0.39 is 0 Å². The third kappa shape index (κ3) is 2.72. The summed E-state index contributed by atoms with van der Waals surface area (Å²) in [5.74, 6) is 0. The van der Waals surface area contributed by atoms with E-state index in [1.54, 1.807) is 0 Å². The Morgan fingerprint density at radius 2 is 1.79 bits per heavy atom. The molecule has 3 heteroatoms. The van der Waals surface area contributed by atoms with E-state index in [4.69, 9.17) is 4.74 Å². The van der Waals surface area contributed by atoms with Crippen molar-refractivity contribution >= 4 is 11.4 Å². The zero-order valence-electron chi connectivity index (χ0n) is 14.9. The predicted molar refractivity (Wildman–Crippen MR) is 99.1 cm³/mol. The van der Waals surface area contributed by atoms with Crippen molar-refractivity contribution in [2.45, 2.75) is 32.7 Å². The van der Waals surface area contributed by atoms with Crippen LogP contribution in [0.5, 0.6) is 0 Å². The van der Waals surface area contributed by atoms with E-state index in [1.165, 1.54) is 33.6 Å². The van der Waals surface area contributed by atoms with Gasteiger partial charge in [-0.1, -0.05) is 43.7 Å². The highest BCUT2D eigenvalue weighted by molar-refractivity contribution is 5.76. The van der Waals surface area contributed by atoms with Crippen molar-refractivity contribution in [2.24, 2.45) is 0 Å². The van der Waals surface area contributed by atoms with Crippen molar-refractivity contribution < 1.29 is 4.74 Å². The summed E-state index contributed by atoms with van der Waals surface area (Å²) >= 11 is 0. The lowest BCUT2D eigenvalue weighted by atomic mass is 9.73. The molecule has 1 N–H and O–H groups in total. The predicted octanol–water partition coefficient (Wildman–Crippen LogP) is 4.21. The Kier molecular flexibility index (Phi) is 3.86. The van der Waals surface area contributed by atoms with Crippen molar-refractivity contribution in [2.75, 3.05) is 31.6 Å². The molecule has 2 aromatic carbocycles. The SMILES string of the molecule is Cc1ccc2c(c1)C(C)(C)c1ccc(CN3CCOCC3)cc1N2. The van der Waals surface area contributed by atoms with Crippen LogP contribution in [-0.4, -0.2) is 31.2 Å². The van der Waals surface area contributed by atoms with Gasteiger partial charge in [-0.05, 0) is 35.7 Å². The molecule has 0 saturated carbocycles. The van der Waals surface area contributed by atoms with Gasteiger partial charge in [-0.2, -0.15) is 0 Å². The van der Waals surface area contributed by atoms with E-state index >= 15 is 0 Å². The molecular formula is C21H26N2O. The summed E-state index contributed by atoms with van der Waals surface area (Å²) in [7, 11) is 0. The van der Waals surface area contributed by atoms with Crippen LogP contribution < -0.4 is 5.32 Å². The van der Waals surface area contributed by atoms with Gasteiger partial charge in [0.1, 0.15) is 0 Å². The molecule has 0 unspecified atom stereocenters. The summed E-state index contributed by atoms with van der Waals surface area (Å²) in [6.45, 7) is 11.6. The van der Waals surface area contributed by atoms with Crippen LogP contribution in [0, 0.1) is 6.92 Å². The molecular weight excluding hydrogens is 296 g/mol. The first kappa shape index (κ1) is 15.7. The third-order valence-corrected chi connectivity index (χ3v) is 5.38. The minimum Gasteiger partial charge on any atom is -0.379 e. The van der Waals surface area contributed by atoms with Crippen molar-refractivity contribution in [1.82, 2.24) is 4.90 Å². The van der Waals surface area contributed by atoms with Gasteiger partial charge in [0.25, 0.3) is 0 Å². The number of benzene rings is 2. The molecule has 2 aromatic rings. The van der Waals surface area contributed by atoms with Gasteiger partial charge >= 0.3 is 0 Å². The molecule has 3 nitrogen and oxygen atoms in total. The minimum absolute atomic E-state index is 0.0272. The zero-order valence-corrected chi connectivity index (χ0v) is 14.9. The average Bonchev–Trinajstić information content (AvgIpc) is 2.57. The molecule has 0 aromatic heterocycles. The highest BCUT2D eigenvalue weighted by atomic mass is 16.5. The first-order valence-corrected chi connectivity index (χ1v) is 8.86. The Morgan fingerprint density at radius 3 is 2.58 bits per heavy atom. The minimum atomic E-state index is 0.0272. The molecule has 0 radical (unpaired) electrons. The molecule has 4 rings (SSSR count). The lowest BCUT2D eigenvalue weighted by Crippen LogP contribution is -2.35. The molecule has 2 heterocycles. The number of aryl methyl sites for hydroxylation is 1. The van der Waals surface area contributed by atoms with Crippen LogP contribution in [-0.2, 0) is 16.7 Å². The Morgan fingerprint density at radius 1 is 1.00 bits per heavy atom. The summed E-state index contributed by atoms with van der Waals surface area (Å²) in [6, 6.07) is 13.6. The van der Waals surface area contributed by atoms with Gasteiger partial charge in [0.15, 0.2) is 0 Å². The molecule has 1 fully saturated rings. The fourth-order valence-electron chi connectivity index (χ4n) is 3.93. The van der Waals surface area contributed by atoms with Gasteiger partial charge in [-0.25, -0.2) is 0 Å². The van der Waals surface area contributed by atoms with Gasteiger partial charge in [0.05, 0.1) is 13.2 Å². The number of rotatable bonds is 2. The van der Waals surface area contributed by atoms with E-state index in [0.717, 1.165) is 32.8 Å². The van der Waals surface area contributed by atoms with Crippen LogP contribution in [0.3, 0.4) is 0 Å². The second kappa shape index (κ2) is 5.91. The topological polar surface area (TPSA) is 24.5 Å². The van der Waals surface area contributed by atoms with Gasteiger partial charge in [0, 0.05) is 36.4 Å². The highest BCUT2D eigenvalue weighted by Crippen LogP contribution is 2.45. The van der Waals surface area contributed by atoms with Gasteiger partial charge in [0.2, 0.25) is 0 Å². The van der Waals surface area contributed by atoms with Crippen molar-refractivity contribution in [3.05, 3.63) is 58.7 Å². The number of hydrogen-bond donors (Lipinski definition) is 1. The van der Waals surface area contributed by atoms with E-state index in [1.807, 2.05) is 0 Å². The molecule has 0 spiro atoms. The number of nitrogens with one attached hydrogen (secondary N) is 1. The highest BCUT2D eigenvalue weighted by Gasteiger charge is 2.32. The van der Waals surface area contributed by atoms with Crippen LogP contribution in [0.2, 0.25) is 0 Å². The number of morpholine rings is 1. The average molecular weight is 322 g/mol. The Balaban J connectivity index is 1.66. The largest absolute Gasteiger partial charge is 0.379 e. The number of nitrogens with zero attached hydrogens (tertiary/aromatic N) is 1. The van der Waals surface area contributed by atoms with Gasteiger partial charge in [-0.3, -0.25) is 4.90 Å². The fourth-order valence-corrected chi connectivity index (χ4v) is 3.93. The van der Waals surface area contributed by atoms with E-state index in [-0.39, 0.29) is 5.41 Å². The van der Waals surface area contributed by atoms with Crippen LogP contribution in [0.4, 0.5) is 11.4 Å². The van der Waals surface area contributed by atoms with Crippen molar-refractivity contribution in [3.63, 3.8) is 0 Å². The van der Waals surface area contributed by atoms with E-state index in [9.17, 15) is 0 Å². The Hall–Kier alpha value is -1.84. The van der Waals surface area contributed by atoms with Gasteiger partial charge < -0.3 is 10.1 Å². The molecule has 0 atom stereocenters. The van der Waals surface area contributed by atoms with Crippen LogP contribution in [0.25, 0.3) is 0 Å². The quantitative estimate of drug-likeness (QED) is 0.896. The maximum absolute atomic E-state index is 5.45. The smallest absolute Gasteiger partial charge is 0.0594 e. The summed E-state index contributed by atoms with van der Waals surface area (Å²) in [5.41, 5.74) is 7.97. The number of fused-ring (bicyclic) bond motifs is 2. The first-order valence-electron chi connectivity index (χ1n) is 8.86. The van der Waals surface area contributed by atoms with E-state index in [2.05, 4.69) is 67.4 Å². The molecule has 1 saturated heterocycles. The third-order valence-electron chi connectivity index (χ3n) is 5.38. The molecule has 2 aliphatic rings. The zero-order chi connectivity index (χ0) is 16.7. The van der Waals surface area contributed by atoms with Crippen LogP contribution in [0.15, 0.2) is 36.4 Å². The number of ether oxygens (including phenoxy) is 1. The number of hydrogen-bond acceptors (Lipinski definition) is 3. The summed E-state index contributed by atoms with van der Waals surface area (Å²) in [5, 5.41) is 3.66. The van der Waals surface area contributed by atoms with E-state index in [0.29, 0.717) is 0 Å². The van der Waals surface area contributed by atoms with Crippen molar-refractivity contribution in [3.8, 4) is 0 Å². The van der Waals surface area contributed by atoms with Gasteiger partial charge in [-0.15, -0.1) is 0 Å². The van der Waals surface area contributed by atoms with Crippen LogP contribution in [0.1, 0.15) is 36.1 Å². The summed E-state index contributed by atoms with van der Waals surface area (Å²) in [4.78, 5) is 2.47. The molecule has 24 heavy (non-hydrogen) atoms. The lowest BCUT2D eigenvalue weighted by Gasteiger charge is -2.36. The molecule has 2 aliphatic heterocycles. The molecule has 0 bridgehead atoms. The van der Waals surface area contributed by atoms with Crippen LogP contribution >= 0.6 is 0 Å². The maximum atomic E-state index is 5.45. The second-order valence-electron chi connectivity index (χ2n) is 7.57.